The van der Waals surface area contributed by atoms with Crippen LogP contribution >= 0.6 is 0 Å². The van der Waals surface area contributed by atoms with E-state index in [0.29, 0.717) is 13.0 Å². The summed E-state index contributed by atoms with van der Waals surface area (Å²) in [4.78, 5) is 11.1. The van der Waals surface area contributed by atoms with Crippen LogP contribution in [0.2, 0.25) is 0 Å². The molecule has 0 aromatic carbocycles. The number of nitrogens with zero attached hydrogens (tertiary/aromatic N) is 3. The standard InChI is InChI=1S/C16H29N5O2/c1-6-21-14(19-20-15(21)18-16(3,4)5)11-7-12(13(23)8-11)9-17-10(2)22/h11-13,23H,6-9H2,1-5H3,(H,17,22)(H,18,20)/t11-,12+,13+/m0/s1. The van der Waals surface area contributed by atoms with Crippen LogP contribution in [0.15, 0.2) is 0 Å². The van der Waals surface area contributed by atoms with E-state index >= 15 is 0 Å². The number of anilines is 1. The molecule has 3 atom stereocenters. The summed E-state index contributed by atoms with van der Waals surface area (Å²) in [5, 5.41) is 25.1. The summed E-state index contributed by atoms with van der Waals surface area (Å²) in [7, 11) is 0. The van der Waals surface area contributed by atoms with Crippen molar-refractivity contribution in [3.05, 3.63) is 5.82 Å². The lowest BCUT2D eigenvalue weighted by Crippen LogP contribution is -2.30. The SMILES string of the molecule is CCn1c(NC(C)(C)C)nnc1[C@H]1C[C@H](CNC(C)=O)[C@H](O)C1. The van der Waals surface area contributed by atoms with Gasteiger partial charge in [-0.3, -0.25) is 9.36 Å². The molecule has 0 radical (unpaired) electrons. The van der Waals surface area contributed by atoms with Crippen molar-refractivity contribution >= 4 is 11.9 Å². The summed E-state index contributed by atoms with van der Waals surface area (Å²) < 4.78 is 2.09. The first-order valence-corrected chi connectivity index (χ1v) is 8.35. The van der Waals surface area contributed by atoms with E-state index < -0.39 is 6.10 Å². The molecule has 1 fully saturated rings. The number of aromatic nitrogens is 3. The van der Waals surface area contributed by atoms with Crippen molar-refractivity contribution in [2.24, 2.45) is 5.92 Å². The van der Waals surface area contributed by atoms with Crippen LogP contribution in [0.4, 0.5) is 5.95 Å². The van der Waals surface area contributed by atoms with Crippen molar-refractivity contribution < 1.29 is 9.90 Å². The van der Waals surface area contributed by atoms with E-state index in [2.05, 4.69) is 53.1 Å². The van der Waals surface area contributed by atoms with Crippen LogP contribution in [0, 0.1) is 5.92 Å². The summed E-state index contributed by atoms with van der Waals surface area (Å²) in [5.41, 5.74) is -0.0830. The van der Waals surface area contributed by atoms with Crippen LogP contribution < -0.4 is 10.6 Å². The molecule has 0 aliphatic heterocycles. The first kappa shape index (κ1) is 17.7. The topological polar surface area (TPSA) is 92.1 Å². The number of rotatable bonds is 5. The third-order valence-electron chi connectivity index (χ3n) is 4.22. The summed E-state index contributed by atoms with van der Waals surface area (Å²) in [5.74, 6) is 1.88. The summed E-state index contributed by atoms with van der Waals surface area (Å²) in [6.45, 7) is 11.1. The first-order chi connectivity index (χ1) is 10.7. The number of carbonyl (C=O) groups excluding carboxylic acids is 1. The molecule has 7 heteroatoms. The minimum absolute atomic E-state index is 0.0611. The molecular formula is C16H29N5O2. The van der Waals surface area contributed by atoms with Crippen molar-refractivity contribution in [1.82, 2.24) is 20.1 Å². The van der Waals surface area contributed by atoms with Gasteiger partial charge in [0.2, 0.25) is 11.9 Å². The number of hydrogen-bond donors (Lipinski definition) is 3. The first-order valence-electron chi connectivity index (χ1n) is 8.35. The van der Waals surface area contributed by atoms with Gasteiger partial charge in [0.15, 0.2) is 0 Å². The molecule has 1 amide bonds. The van der Waals surface area contributed by atoms with Crippen LogP contribution in [0.1, 0.15) is 59.2 Å². The molecule has 7 nitrogen and oxygen atoms in total. The van der Waals surface area contributed by atoms with Crippen molar-refractivity contribution in [1.29, 1.82) is 0 Å². The van der Waals surface area contributed by atoms with E-state index in [0.717, 1.165) is 24.7 Å². The van der Waals surface area contributed by atoms with Gasteiger partial charge in [-0.15, -0.1) is 10.2 Å². The Morgan fingerprint density at radius 2 is 2.04 bits per heavy atom. The molecule has 130 valence electrons. The van der Waals surface area contributed by atoms with Gasteiger partial charge in [0.25, 0.3) is 0 Å². The van der Waals surface area contributed by atoms with Gasteiger partial charge in [-0.2, -0.15) is 0 Å². The van der Waals surface area contributed by atoms with Gasteiger partial charge in [0, 0.05) is 37.4 Å². The summed E-state index contributed by atoms with van der Waals surface area (Å²) >= 11 is 0. The number of nitrogens with one attached hydrogen (secondary N) is 2. The third kappa shape index (κ3) is 4.43. The maximum Gasteiger partial charge on any atom is 0.225 e. The Kier molecular flexibility index (Phi) is 5.29. The van der Waals surface area contributed by atoms with Crippen LogP contribution in [-0.2, 0) is 11.3 Å². The fourth-order valence-electron chi connectivity index (χ4n) is 3.16. The third-order valence-corrected chi connectivity index (χ3v) is 4.22. The minimum Gasteiger partial charge on any atom is -0.393 e. The molecule has 1 aliphatic rings. The molecule has 0 saturated heterocycles. The van der Waals surface area contributed by atoms with Gasteiger partial charge in [-0.1, -0.05) is 0 Å². The quantitative estimate of drug-likeness (QED) is 0.764. The van der Waals surface area contributed by atoms with E-state index in [9.17, 15) is 9.90 Å². The molecule has 3 N–H and O–H groups in total. The summed E-state index contributed by atoms with van der Waals surface area (Å²) in [6, 6.07) is 0. The molecule has 2 rings (SSSR count). The second-order valence-electron chi connectivity index (χ2n) is 7.43. The fraction of sp³-hybridized carbons (Fsp3) is 0.812. The van der Waals surface area contributed by atoms with E-state index in [1.165, 1.54) is 6.92 Å². The van der Waals surface area contributed by atoms with E-state index in [-0.39, 0.29) is 23.3 Å². The zero-order valence-electron chi connectivity index (χ0n) is 14.8. The van der Waals surface area contributed by atoms with Crippen molar-refractivity contribution in [2.45, 2.75) is 71.6 Å². The molecule has 0 unspecified atom stereocenters. The smallest absolute Gasteiger partial charge is 0.225 e. The Morgan fingerprint density at radius 1 is 1.35 bits per heavy atom. The zero-order valence-corrected chi connectivity index (χ0v) is 14.8. The van der Waals surface area contributed by atoms with Crippen LogP contribution in [0.5, 0.6) is 0 Å². The summed E-state index contributed by atoms with van der Waals surface area (Å²) in [6.07, 6.45) is 1.07. The number of hydrogen-bond acceptors (Lipinski definition) is 5. The zero-order chi connectivity index (χ0) is 17.2. The largest absolute Gasteiger partial charge is 0.393 e. The van der Waals surface area contributed by atoms with Gasteiger partial charge >= 0.3 is 0 Å². The maximum atomic E-state index is 11.1. The highest BCUT2D eigenvalue weighted by atomic mass is 16.3. The lowest BCUT2D eigenvalue weighted by atomic mass is 10.0. The molecule has 1 heterocycles. The van der Waals surface area contributed by atoms with Crippen LogP contribution in [0.25, 0.3) is 0 Å². The van der Waals surface area contributed by atoms with Gasteiger partial charge < -0.3 is 15.7 Å². The number of aliphatic hydroxyl groups excluding tert-OH is 1. The van der Waals surface area contributed by atoms with Gasteiger partial charge in [-0.25, -0.2) is 0 Å². The van der Waals surface area contributed by atoms with Crippen LogP contribution in [-0.4, -0.2) is 44.0 Å². The Labute approximate surface area is 137 Å². The Balaban J connectivity index is 2.12. The highest BCUT2D eigenvalue weighted by Crippen LogP contribution is 2.38. The maximum absolute atomic E-state index is 11.1. The predicted molar refractivity (Wildman–Crippen MR) is 89.2 cm³/mol. The minimum atomic E-state index is -0.409. The average Bonchev–Trinajstić information content (AvgIpc) is 2.98. The highest BCUT2D eigenvalue weighted by Gasteiger charge is 2.36. The van der Waals surface area contributed by atoms with Gasteiger partial charge in [0.1, 0.15) is 5.82 Å². The Bertz CT molecular complexity index is 549. The predicted octanol–water partition coefficient (Wildman–Crippen LogP) is 1.50. The molecule has 23 heavy (non-hydrogen) atoms. The molecule has 1 aliphatic carbocycles. The average molecular weight is 323 g/mol. The molecule has 0 bridgehead atoms. The fourth-order valence-corrected chi connectivity index (χ4v) is 3.16. The number of amides is 1. The normalized spacial score (nSPS) is 24.7. The van der Waals surface area contributed by atoms with E-state index in [4.69, 9.17) is 0 Å². The Morgan fingerprint density at radius 3 is 2.61 bits per heavy atom. The highest BCUT2D eigenvalue weighted by molar-refractivity contribution is 5.72. The molecular weight excluding hydrogens is 294 g/mol. The Hall–Kier alpha value is -1.63. The van der Waals surface area contributed by atoms with Crippen molar-refractivity contribution in [2.75, 3.05) is 11.9 Å². The lowest BCUT2D eigenvalue weighted by Gasteiger charge is -2.22. The van der Waals surface area contributed by atoms with Crippen molar-refractivity contribution in [3.63, 3.8) is 0 Å². The van der Waals surface area contributed by atoms with Gasteiger partial charge in [0.05, 0.1) is 6.10 Å². The number of aliphatic hydroxyl groups is 1. The number of carbonyl (C=O) groups is 1. The second-order valence-corrected chi connectivity index (χ2v) is 7.43. The second kappa shape index (κ2) is 6.86. The molecule has 0 spiro atoms. The van der Waals surface area contributed by atoms with Crippen molar-refractivity contribution in [3.8, 4) is 0 Å². The monoisotopic (exact) mass is 323 g/mol. The van der Waals surface area contributed by atoms with Crippen LogP contribution in [0.3, 0.4) is 0 Å². The molecule has 1 saturated carbocycles. The van der Waals surface area contributed by atoms with Gasteiger partial charge in [-0.05, 0) is 40.5 Å². The van der Waals surface area contributed by atoms with E-state index in [1.807, 2.05) is 0 Å². The molecule has 1 aromatic heterocycles. The lowest BCUT2D eigenvalue weighted by molar-refractivity contribution is -0.119. The van der Waals surface area contributed by atoms with E-state index in [1.54, 1.807) is 0 Å². The molecule has 1 aromatic rings.